The van der Waals surface area contributed by atoms with Gasteiger partial charge in [-0.1, -0.05) is 6.92 Å². The number of nitrogens with zero attached hydrogens (tertiary/aromatic N) is 1. The van der Waals surface area contributed by atoms with Crippen LogP contribution in [0.1, 0.15) is 27.7 Å². The van der Waals surface area contributed by atoms with Crippen molar-refractivity contribution < 1.29 is 9.47 Å². The van der Waals surface area contributed by atoms with E-state index in [0.29, 0.717) is 18.1 Å². The van der Waals surface area contributed by atoms with Crippen molar-refractivity contribution in [3.63, 3.8) is 0 Å². The van der Waals surface area contributed by atoms with Gasteiger partial charge in [-0.3, -0.25) is 4.90 Å². The molecule has 0 unspecified atom stereocenters. The van der Waals surface area contributed by atoms with Crippen molar-refractivity contribution in [2.24, 2.45) is 5.92 Å². The minimum Gasteiger partial charge on any atom is -0.378 e. The molecule has 1 rings (SSSR count). The third kappa shape index (κ3) is 5.50. The molecule has 1 aliphatic rings. The first-order chi connectivity index (χ1) is 7.08. The number of hydrogen-bond acceptors (Lipinski definition) is 3. The first-order valence-corrected chi connectivity index (χ1v) is 6.03. The van der Waals surface area contributed by atoms with Crippen LogP contribution in [0, 0.1) is 5.92 Å². The molecule has 3 nitrogen and oxygen atoms in total. The summed E-state index contributed by atoms with van der Waals surface area (Å²) in [6.45, 7) is 13.6. The molecular formula is C12H25NO2. The van der Waals surface area contributed by atoms with Gasteiger partial charge in [0.15, 0.2) is 0 Å². The van der Waals surface area contributed by atoms with Crippen LogP contribution in [0.4, 0.5) is 0 Å². The zero-order valence-electron chi connectivity index (χ0n) is 10.5. The van der Waals surface area contributed by atoms with Crippen LogP contribution in [0.15, 0.2) is 0 Å². The van der Waals surface area contributed by atoms with Crippen molar-refractivity contribution in [1.29, 1.82) is 0 Å². The fraction of sp³-hybridized carbons (Fsp3) is 1.00. The summed E-state index contributed by atoms with van der Waals surface area (Å²) < 4.78 is 11.1. The molecule has 2 atom stereocenters. The maximum atomic E-state index is 5.61. The molecule has 1 fully saturated rings. The lowest BCUT2D eigenvalue weighted by atomic mass is 10.1. The van der Waals surface area contributed by atoms with Crippen molar-refractivity contribution in [2.75, 3.05) is 32.8 Å². The summed E-state index contributed by atoms with van der Waals surface area (Å²) in [6, 6.07) is 0. The van der Waals surface area contributed by atoms with E-state index in [1.165, 1.54) is 0 Å². The first-order valence-electron chi connectivity index (χ1n) is 6.03. The molecule has 15 heavy (non-hydrogen) atoms. The Morgan fingerprint density at radius 2 is 2.13 bits per heavy atom. The average molecular weight is 215 g/mol. The summed E-state index contributed by atoms with van der Waals surface area (Å²) in [5.41, 5.74) is 0. The lowest BCUT2D eigenvalue weighted by molar-refractivity contribution is -0.0299. The van der Waals surface area contributed by atoms with Gasteiger partial charge in [-0.05, 0) is 26.7 Å². The molecule has 0 aromatic rings. The normalized spacial score (nSPS) is 25.8. The van der Waals surface area contributed by atoms with E-state index in [0.717, 1.165) is 32.8 Å². The standard InChI is InChI=1S/C12H25NO2/c1-10(2)15-9-11(3)7-13-5-6-14-12(4)8-13/h10-12H,5-9H2,1-4H3/t11-,12+/m1/s1. The Labute approximate surface area is 93.7 Å². The molecule has 0 aliphatic carbocycles. The van der Waals surface area contributed by atoms with E-state index in [1.54, 1.807) is 0 Å². The zero-order valence-corrected chi connectivity index (χ0v) is 10.5. The molecule has 0 N–H and O–H groups in total. The number of rotatable bonds is 5. The summed E-state index contributed by atoms with van der Waals surface area (Å²) in [6.07, 6.45) is 0.730. The Kier molecular flexibility index (Phi) is 5.58. The fourth-order valence-electron chi connectivity index (χ4n) is 1.91. The summed E-state index contributed by atoms with van der Waals surface area (Å²) >= 11 is 0. The van der Waals surface area contributed by atoms with Gasteiger partial charge in [0.2, 0.25) is 0 Å². The van der Waals surface area contributed by atoms with Gasteiger partial charge in [-0.25, -0.2) is 0 Å². The van der Waals surface area contributed by atoms with E-state index in [-0.39, 0.29) is 0 Å². The van der Waals surface area contributed by atoms with Crippen LogP contribution in [0.3, 0.4) is 0 Å². The maximum Gasteiger partial charge on any atom is 0.0674 e. The molecular weight excluding hydrogens is 190 g/mol. The molecule has 0 radical (unpaired) electrons. The molecule has 0 aromatic carbocycles. The lowest BCUT2D eigenvalue weighted by Gasteiger charge is -2.32. The second-order valence-corrected chi connectivity index (χ2v) is 4.93. The predicted molar refractivity (Wildman–Crippen MR) is 62.1 cm³/mol. The van der Waals surface area contributed by atoms with E-state index in [2.05, 4.69) is 32.6 Å². The van der Waals surface area contributed by atoms with Gasteiger partial charge in [-0.2, -0.15) is 0 Å². The third-order valence-electron chi connectivity index (χ3n) is 2.61. The second kappa shape index (κ2) is 6.46. The fourth-order valence-corrected chi connectivity index (χ4v) is 1.91. The minimum atomic E-state index is 0.344. The molecule has 0 saturated carbocycles. The Morgan fingerprint density at radius 3 is 2.73 bits per heavy atom. The van der Waals surface area contributed by atoms with Gasteiger partial charge in [0.1, 0.15) is 0 Å². The van der Waals surface area contributed by atoms with Gasteiger partial charge in [0, 0.05) is 19.6 Å². The van der Waals surface area contributed by atoms with Gasteiger partial charge < -0.3 is 9.47 Å². The molecule has 0 amide bonds. The van der Waals surface area contributed by atoms with Crippen molar-refractivity contribution in [3.8, 4) is 0 Å². The van der Waals surface area contributed by atoms with E-state index < -0.39 is 0 Å². The van der Waals surface area contributed by atoms with Crippen molar-refractivity contribution in [2.45, 2.75) is 39.9 Å². The van der Waals surface area contributed by atoms with E-state index in [9.17, 15) is 0 Å². The molecule has 1 aliphatic heterocycles. The predicted octanol–water partition coefficient (Wildman–Crippen LogP) is 1.77. The SMILES string of the molecule is CC(C)OC[C@H](C)CN1CCO[C@@H](C)C1. The third-order valence-corrected chi connectivity index (χ3v) is 2.61. The summed E-state index contributed by atoms with van der Waals surface area (Å²) in [5, 5.41) is 0. The highest BCUT2D eigenvalue weighted by atomic mass is 16.5. The molecule has 0 spiro atoms. The van der Waals surface area contributed by atoms with E-state index >= 15 is 0 Å². The molecule has 3 heteroatoms. The maximum absolute atomic E-state index is 5.61. The Morgan fingerprint density at radius 1 is 1.40 bits per heavy atom. The summed E-state index contributed by atoms with van der Waals surface area (Å²) in [5.74, 6) is 0.609. The molecule has 90 valence electrons. The lowest BCUT2D eigenvalue weighted by Crippen LogP contribution is -2.43. The highest BCUT2D eigenvalue weighted by Crippen LogP contribution is 2.08. The van der Waals surface area contributed by atoms with E-state index in [4.69, 9.17) is 9.47 Å². The van der Waals surface area contributed by atoms with Crippen LogP contribution in [-0.4, -0.2) is 50.0 Å². The minimum absolute atomic E-state index is 0.344. The quantitative estimate of drug-likeness (QED) is 0.697. The number of ether oxygens (including phenoxy) is 2. The highest BCUT2D eigenvalue weighted by Gasteiger charge is 2.18. The van der Waals surface area contributed by atoms with Gasteiger partial charge in [0.25, 0.3) is 0 Å². The molecule has 0 bridgehead atoms. The number of hydrogen-bond donors (Lipinski definition) is 0. The van der Waals surface area contributed by atoms with Crippen LogP contribution in [0.25, 0.3) is 0 Å². The summed E-state index contributed by atoms with van der Waals surface area (Å²) in [4.78, 5) is 2.47. The monoisotopic (exact) mass is 215 g/mol. The average Bonchev–Trinajstić information content (AvgIpc) is 2.15. The van der Waals surface area contributed by atoms with Crippen molar-refractivity contribution in [1.82, 2.24) is 4.90 Å². The Balaban J connectivity index is 2.16. The van der Waals surface area contributed by atoms with Gasteiger partial charge in [-0.15, -0.1) is 0 Å². The van der Waals surface area contributed by atoms with E-state index in [1.807, 2.05) is 0 Å². The smallest absolute Gasteiger partial charge is 0.0674 e. The number of morpholine rings is 1. The van der Waals surface area contributed by atoms with Crippen LogP contribution in [0.5, 0.6) is 0 Å². The first kappa shape index (κ1) is 12.9. The highest BCUT2D eigenvalue weighted by molar-refractivity contribution is 4.70. The molecule has 1 saturated heterocycles. The van der Waals surface area contributed by atoms with Crippen LogP contribution < -0.4 is 0 Å². The Bertz CT molecular complexity index is 173. The molecule has 0 aromatic heterocycles. The van der Waals surface area contributed by atoms with Gasteiger partial charge in [0.05, 0.1) is 25.4 Å². The van der Waals surface area contributed by atoms with Crippen LogP contribution >= 0.6 is 0 Å². The second-order valence-electron chi connectivity index (χ2n) is 4.93. The van der Waals surface area contributed by atoms with Crippen molar-refractivity contribution >= 4 is 0 Å². The molecule has 1 heterocycles. The Hall–Kier alpha value is -0.120. The van der Waals surface area contributed by atoms with Crippen LogP contribution in [0.2, 0.25) is 0 Å². The zero-order chi connectivity index (χ0) is 11.3. The largest absolute Gasteiger partial charge is 0.378 e. The van der Waals surface area contributed by atoms with Crippen molar-refractivity contribution in [3.05, 3.63) is 0 Å². The summed E-state index contributed by atoms with van der Waals surface area (Å²) in [7, 11) is 0. The van der Waals surface area contributed by atoms with Gasteiger partial charge >= 0.3 is 0 Å². The topological polar surface area (TPSA) is 21.7 Å². The van der Waals surface area contributed by atoms with Crippen LogP contribution in [-0.2, 0) is 9.47 Å².